The highest BCUT2D eigenvalue weighted by Crippen LogP contribution is 2.29. The Morgan fingerprint density at radius 3 is 2.41 bits per heavy atom. The van der Waals surface area contributed by atoms with Gasteiger partial charge in [-0.25, -0.2) is 9.97 Å². The maximum Gasteiger partial charge on any atom is 0.241 e. The van der Waals surface area contributed by atoms with E-state index in [4.69, 9.17) is 10.5 Å². The number of carbonyl (C=O) groups is 1. The van der Waals surface area contributed by atoms with Gasteiger partial charge in [0.1, 0.15) is 17.9 Å². The van der Waals surface area contributed by atoms with Gasteiger partial charge >= 0.3 is 0 Å². The third-order valence-corrected chi connectivity index (χ3v) is 4.50. The number of anilines is 3. The standard InChI is InChI=1S/C22H25N5O2/c1-14(2)21(23)22(28)27-16-10-8-15(9-11-16)26-20-12-18(24-13-25-20)17-6-4-5-7-19(17)29-3/h4-14,21H,23H2,1-3H3,(H,27,28)(H,24,25,26)/t21-/m0/s1. The van der Waals surface area contributed by atoms with Crippen molar-refractivity contribution in [3.63, 3.8) is 0 Å². The molecule has 0 spiro atoms. The molecule has 0 fully saturated rings. The summed E-state index contributed by atoms with van der Waals surface area (Å²) in [6.07, 6.45) is 1.51. The second-order valence-electron chi connectivity index (χ2n) is 6.95. The number of ether oxygens (including phenoxy) is 1. The fraction of sp³-hybridized carbons (Fsp3) is 0.227. The minimum atomic E-state index is -0.540. The van der Waals surface area contributed by atoms with Gasteiger partial charge in [-0.15, -0.1) is 0 Å². The van der Waals surface area contributed by atoms with Crippen LogP contribution in [0, 0.1) is 5.92 Å². The number of methoxy groups -OCH3 is 1. The predicted molar refractivity (Wildman–Crippen MR) is 115 cm³/mol. The van der Waals surface area contributed by atoms with E-state index in [2.05, 4.69) is 20.6 Å². The number of aromatic nitrogens is 2. The van der Waals surface area contributed by atoms with Gasteiger partial charge in [0.2, 0.25) is 5.91 Å². The van der Waals surface area contributed by atoms with Gasteiger partial charge in [-0.3, -0.25) is 4.79 Å². The van der Waals surface area contributed by atoms with E-state index in [0.29, 0.717) is 11.5 Å². The molecule has 0 unspecified atom stereocenters. The van der Waals surface area contributed by atoms with E-state index < -0.39 is 6.04 Å². The van der Waals surface area contributed by atoms with E-state index in [1.807, 2.05) is 68.4 Å². The second kappa shape index (κ2) is 9.16. The molecule has 3 rings (SSSR count). The molecule has 0 aliphatic rings. The molecule has 4 N–H and O–H groups in total. The van der Waals surface area contributed by atoms with Gasteiger partial charge in [-0.1, -0.05) is 26.0 Å². The lowest BCUT2D eigenvalue weighted by Gasteiger charge is -2.15. The molecule has 2 aromatic carbocycles. The van der Waals surface area contributed by atoms with Crippen molar-refractivity contribution in [3.8, 4) is 17.0 Å². The summed E-state index contributed by atoms with van der Waals surface area (Å²) in [6, 6.07) is 16.4. The van der Waals surface area contributed by atoms with Crippen LogP contribution >= 0.6 is 0 Å². The molecule has 7 nitrogen and oxygen atoms in total. The summed E-state index contributed by atoms with van der Waals surface area (Å²) in [6.45, 7) is 3.83. The fourth-order valence-electron chi connectivity index (χ4n) is 2.74. The number of rotatable bonds is 7. The van der Waals surface area contributed by atoms with Gasteiger partial charge in [-0.2, -0.15) is 0 Å². The Balaban J connectivity index is 1.72. The van der Waals surface area contributed by atoms with Crippen LogP contribution in [0.3, 0.4) is 0 Å². The van der Waals surface area contributed by atoms with Crippen molar-refractivity contribution >= 4 is 23.1 Å². The van der Waals surface area contributed by atoms with E-state index in [1.54, 1.807) is 7.11 Å². The molecule has 1 heterocycles. The molecular formula is C22H25N5O2. The SMILES string of the molecule is COc1ccccc1-c1cc(Nc2ccc(NC(=O)[C@@H](N)C(C)C)cc2)ncn1. The van der Waals surface area contributed by atoms with Crippen molar-refractivity contribution in [1.29, 1.82) is 0 Å². The molecule has 0 aliphatic carbocycles. The van der Waals surface area contributed by atoms with Crippen LogP contribution in [0.5, 0.6) is 5.75 Å². The largest absolute Gasteiger partial charge is 0.496 e. The maximum absolute atomic E-state index is 12.1. The summed E-state index contributed by atoms with van der Waals surface area (Å²) in [5.41, 5.74) is 9.04. The zero-order chi connectivity index (χ0) is 20.8. The van der Waals surface area contributed by atoms with E-state index >= 15 is 0 Å². The Kier molecular flexibility index (Phi) is 6.41. The lowest BCUT2D eigenvalue weighted by atomic mass is 10.0. The summed E-state index contributed by atoms with van der Waals surface area (Å²) < 4.78 is 5.41. The lowest BCUT2D eigenvalue weighted by Crippen LogP contribution is -2.39. The van der Waals surface area contributed by atoms with Gasteiger partial charge in [0.25, 0.3) is 0 Å². The first-order valence-electron chi connectivity index (χ1n) is 9.37. The molecule has 1 amide bonds. The number of nitrogens with one attached hydrogen (secondary N) is 2. The van der Waals surface area contributed by atoms with Crippen LogP contribution in [-0.4, -0.2) is 29.0 Å². The van der Waals surface area contributed by atoms with Crippen LogP contribution in [-0.2, 0) is 4.79 Å². The van der Waals surface area contributed by atoms with Crippen LogP contribution in [0.15, 0.2) is 60.9 Å². The second-order valence-corrected chi connectivity index (χ2v) is 6.95. The van der Waals surface area contributed by atoms with Crippen molar-refractivity contribution in [2.24, 2.45) is 11.7 Å². The minimum Gasteiger partial charge on any atom is -0.496 e. The Morgan fingerprint density at radius 2 is 1.72 bits per heavy atom. The van der Waals surface area contributed by atoms with Gasteiger partial charge in [-0.05, 0) is 42.3 Å². The number of nitrogens with two attached hydrogens (primary N) is 1. The average Bonchev–Trinajstić information content (AvgIpc) is 2.74. The van der Waals surface area contributed by atoms with Crippen molar-refractivity contribution in [3.05, 3.63) is 60.9 Å². The number of benzene rings is 2. The van der Waals surface area contributed by atoms with Crippen LogP contribution < -0.4 is 21.1 Å². The molecule has 0 aliphatic heterocycles. The molecule has 3 aromatic rings. The lowest BCUT2D eigenvalue weighted by molar-refractivity contribution is -0.118. The Hall–Kier alpha value is -3.45. The van der Waals surface area contributed by atoms with Gasteiger partial charge < -0.3 is 21.1 Å². The van der Waals surface area contributed by atoms with Gasteiger partial charge in [0, 0.05) is 23.0 Å². The topological polar surface area (TPSA) is 102 Å². The van der Waals surface area contributed by atoms with Crippen molar-refractivity contribution in [1.82, 2.24) is 9.97 Å². The Bertz CT molecular complexity index is 973. The highest BCUT2D eigenvalue weighted by molar-refractivity contribution is 5.95. The van der Waals surface area contributed by atoms with Gasteiger partial charge in [0.15, 0.2) is 0 Å². The van der Waals surface area contributed by atoms with Crippen molar-refractivity contribution in [2.75, 3.05) is 17.7 Å². The maximum atomic E-state index is 12.1. The van der Waals surface area contributed by atoms with E-state index in [-0.39, 0.29) is 11.8 Å². The molecule has 7 heteroatoms. The number of carbonyl (C=O) groups excluding carboxylic acids is 1. The van der Waals surface area contributed by atoms with E-state index in [1.165, 1.54) is 6.33 Å². The van der Waals surface area contributed by atoms with Crippen LogP contribution in [0.25, 0.3) is 11.3 Å². The summed E-state index contributed by atoms with van der Waals surface area (Å²) in [5.74, 6) is 1.28. The number of amides is 1. The van der Waals surface area contributed by atoms with Crippen molar-refractivity contribution in [2.45, 2.75) is 19.9 Å². The predicted octanol–water partition coefficient (Wildman–Crippen LogP) is 3.82. The molecule has 150 valence electrons. The number of nitrogens with zero attached hydrogens (tertiary/aromatic N) is 2. The minimum absolute atomic E-state index is 0.0751. The zero-order valence-corrected chi connectivity index (χ0v) is 16.7. The van der Waals surface area contributed by atoms with E-state index in [9.17, 15) is 4.79 Å². The molecule has 0 radical (unpaired) electrons. The third kappa shape index (κ3) is 5.08. The summed E-state index contributed by atoms with van der Waals surface area (Å²) in [5, 5.41) is 6.07. The highest BCUT2D eigenvalue weighted by Gasteiger charge is 2.17. The fourth-order valence-corrected chi connectivity index (χ4v) is 2.74. The molecule has 29 heavy (non-hydrogen) atoms. The smallest absolute Gasteiger partial charge is 0.241 e. The van der Waals surface area contributed by atoms with Crippen molar-refractivity contribution < 1.29 is 9.53 Å². The average molecular weight is 391 g/mol. The first-order chi connectivity index (χ1) is 14.0. The molecule has 0 bridgehead atoms. The van der Waals surface area contributed by atoms with Crippen LogP contribution in [0.1, 0.15) is 13.8 Å². The number of hydrogen-bond donors (Lipinski definition) is 3. The monoisotopic (exact) mass is 391 g/mol. The third-order valence-electron chi connectivity index (χ3n) is 4.50. The molecule has 1 aromatic heterocycles. The van der Waals surface area contributed by atoms with E-state index in [0.717, 1.165) is 22.7 Å². The molecule has 0 saturated heterocycles. The zero-order valence-electron chi connectivity index (χ0n) is 16.7. The van der Waals surface area contributed by atoms with Gasteiger partial charge in [0.05, 0.1) is 18.8 Å². The van der Waals surface area contributed by atoms with Crippen LogP contribution in [0.4, 0.5) is 17.2 Å². The number of hydrogen-bond acceptors (Lipinski definition) is 6. The number of para-hydroxylation sites is 1. The molecule has 1 atom stereocenters. The van der Waals surface area contributed by atoms with Crippen LogP contribution in [0.2, 0.25) is 0 Å². The summed E-state index contributed by atoms with van der Waals surface area (Å²) in [4.78, 5) is 20.7. The molecule has 0 saturated carbocycles. The summed E-state index contributed by atoms with van der Waals surface area (Å²) >= 11 is 0. The quantitative estimate of drug-likeness (QED) is 0.566. The normalized spacial score (nSPS) is 11.8. The molecular weight excluding hydrogens is 366 g/mol. The first kappa shape index (κ1) is 20.3. The summed E-state index contributed by atoms with van der Waals surface area (Å²) in [7, 11) is 1.63. The Labute approximate surface area is 170 Å². The Morgan fingerprint density at radius 1 is 1.03 bits per heavy atom. The first-order valence-corrected chi connectivity index (χ1v) is 9.37. The highest BCUT2D eigenvalue weighted by atomic mass is 16.5.